The summed E-state index contributed by atoms with van der Waals surface area (Å²) >= 11 is 5.48. The summed E-state index contributed by atoms with van der Waals surface area (Å²) in [7, 11) is 0. The molecular weight excluding hydrogens is 195 g/mol. The Morgan fingerprint density at radius 2 is 2.31 bits per heavy atom. The number of nitrogens with zero attached hydrogens (tertiary/aromatic N) is 1. The highest BCUT2D eigenvalue weighted by Crippen LogP contribution is 2.19. The van der Waals surface area contributed by atoms with Crippen molar-refractivity contribution in [2.45, 2.75) is 6.10 Å². The average molecular weight is 203 g/mol. The molecule has 1 aliphatic heterocycles. The van der Waals surface area contributed by atoms with Crippen LogP contribution in [0.15, 0.2) is 12.1 Å². The van der Waals surface area contributed by atoms with Crippen LogP contribution in [-0.2, 0) is 0 Å². The van der Waals surface area contributed by atoms with Crippen LogP contribution in [0.1, 0.15) is 0 Å². The quantitative estimate of drug-likeness (QED) is 0.733. The summed E-state index contributed by atoms with van der Waals surface area (Å²) in [5.74, 6) is -0.490. The van der Waals surface area contributed by atoms with E-state index in [-0.39, 0.29) is 17.0 Å². The number of hydrogen-bond acceptors (Lipinski definition) is 3. The van der Waals surface area contributed by atoms with Crippen molar-refractivity contribution in [3.05, 3.63) is 23.2 Å². The van der Waals surface area contributed by atoms with Gasteiger partial charge in [-0.15, -0.1) is 0 Å². The standard InChI is InChI=1S/C8H8ClFN2O/c9-7-2-1-6(8(10)12-7)13-5-3-11-4-5/h1-2,5,11H,3-4H2. The maximum Gasteiger partial charge on any atom is 0.256 e. The zero-order valence-corrected chi connectivity index (χ0v) is 7.51. The molecule has 5 heteroatoms. The fraction of sp³-hybridized carbons (Fsp3) is 0.375. The first-order valence-corrected chi connectivity index (χ1v) is 4.33. The van der Waals surface area contributed by atoms with Crippen LogP contribution in [0.25, 0.3) is 0 Å². The summed E-state index contributed by atoms with van der Waals surface area (Å²) in [6.45, 7) is 1.50. The van der Waals surface area contributed by atoms with E-state index in [2.05, 4.69) is 10.3 Å². The highest BCUT2D eigenvalue weighted by molar-refractivity contribution is 6.29. The molecule has 0 aromatic carbocycles. The van der Waals surface area contributed by atoms with Crippen molar-refractivity contribution in [3.8, 4) is 5.75 Å². The molecule has 0 spiro atoms. The first kappa shape index (κ1) is 8.72. The van der Waals surface area contributed by atoms with Gasteiger partial charge in [-0.25, -0.2) is 4.98 Å². The Kier molecular flexibility index (Phi) is 2.33. The Bertz CT molecular complexity index is 317. The fourth-order valence-corrected chi connectivity index (χ4v) is 1.15. The SMILES string of the molecule is Fc1nc(Cl)ccc1OC1CNC1. The lowest BCUT2D eigenvalue weighted by Gasteiger charge is -2.27. The zero-order valence-electron chi connectivity index (χ0n) is 6.76. The normalized spacial score (nSPS) is 16.8. The lowest BCUT2D eigenvalue weighted by Crippen LogP contribution is -2.50. The highest BCUT2D eigenvalue weighted by atomic mass is 35.5. The number of rotatable bonds is 2. The van der Waals surface area contributed by atoms with Gasteiger partial charge in [0.05, 0.1) is 0 Å². The van der Waals surface area contributed by atoms with Crippen LogP contribution < -0.4 is 10.1 Å². The smallest absolute Gasteiger partial charge is 0.256 e. The second-order valence-electron chi connectivity index (χ2n) is 2.82. The van der Waals surface area contributed by atoms with Gasteiger partial charge in [-0.1, -0.05) is 11.6 Å². The van der Waals surface area contributed by atoms with Crippen LogP contribution in [0.3, 0.4) is 0 Å². The first-order valence-electron chi connectivity index (χ1n) is 3.95. The molecule has 3 nitrogen and oxygen atoms in total. The molecule has 0 radical (unpaired) electrons. The first-order chi connectivity index (χ1) is 6.25. The number of halogens is 2. The van der Waals surface area contributed by atoms with Crippen LogP contribution in [0.2, 0.25) is 5.15 Å². The van der Waals surface area contributed by atoms with E-state index in [1.165, 1.54) is 12.1 Å². The number of aromatic nitrogens is 1. The van der Waals surface area contributed by atoms with Gasteiger partial charge in [0.25, 0.3) is 5.95 Å². The lowest BCUT2D eigenvalue weighted by atomic mass is 10.2. The molecule has 70 valence electrons. The Hall–Kier alpha value is -0.870. The summed E-state index contributed by atoms with van der Waals surface area (Å²) in [6, 6.07) is 3.00. The topological polar surface area (TPSA) is 34.1 Å². The van der Waals surface area contributed by atoms with Gasteiger partial charge in [0, 0.05) is 13.1 Å². The van der Waals surface area contributed by atoms with E-state index < -0.39 is 5.95 Å². The summed E-state index contributed by atoms with van der Waals surface area (Å²) in [6.07, 6.45) is 0.0532. The Morgan fingerprint density at radius 3 is 2.85 bits per heavy atom. The van der Waals surface area contributed by atoms with Crippen molar-refractivity contribution in [1.82, 2.24) is 10.3 Å². The van der Waals surface area contributed by atoms with E-state index in [0.29, 0.717) is 0 Å². The van der Waals surface area contributed by atoms with E-state index in [0.717, 1.165) is 13.1 Å². The van der Waals surface area contributed by atoms with E-state index in [9.17, 15) is 4.39 Å². The van der Waals surface area contributed by atoms with Crippen molar-refractivity contribution in [2.24, 2.45) is 0 Å². The van der Waals surface area contributed by atoms with Crippen LogP contribution in [0.5, 0.6) is 5.75 Å². The van der Waals surface area contributed by atoms with E-state index in [4.69, 9.17) is 16.3 Å². The summed E-state index contributed by atoms with van der Waals surface area (Å²) < 4.78 is 18.3. The molecule has 1 aliphatic rings. The second-order valence-corrected chi connectivity index (χ2v) is 3.21. The van der Waals surface area contributed by atoms with E-state index >= 15 is 0 Å². The number of hydrogen-bond donors (Lipinski definition) is 1. The number of pyridine rings is 1. The minimum atomic E-state index is -0.653. The predicted octanol–water partition coefficient (Wildman–Crippen LogP) is 1.22. The zero-order chi connectivity index (χ0) is 9.26. The monoisotopic (exact) mass is 202 g/mol. The van der Waals surface area contributed by atoms with Gasteiger partial charge >= 0.3 is 0 Å². The van der Waals surface area contributed by atoms with E-state index in [1.807, 2.05) is 0 Å². The van der Waals surface area contributed by atoms with Crippen molar-refractivity contribution in [2.75, 3.05) is 13.1 Å². The molecule has 0 amide bonds. The van der Waals surface area contributed by atoms with Crippen LogP contribution in [0.4, 0.5) is 4.39 Å². The maximum absolute atomic E-state index is 13.0. The Morgan fingerprint density at radius 1 is 1.54 bits per heavy atom. The number of nitrogens with one attached hydrogen (secondary N) is 1. The summed E-state index contributed by atoms with van der Waals surface area (Å²) in [5, 5.41) is 3.15. The molecule has 1 N–H and O–H groups in total. The fourth-order valence-electron chi connectivity index (χ4n) is 1.01. The summed E-state index contributed by atoms with van der Waals surface area (Å²) in [5.41, 5.74) is 0. The number of ether oxygens (including phenoxy) is 1. The third kappa shape index (κ3) is 1.89. The highest BCUT2D eigenvalue weighted by Gasteiger charge is 2.20. The van der Waals surface area contributed by atoms with Crippen LogP contribution in [-0.4, -0.2) is 24.2 Å². The van der Waals surface area contributed by atoms with Crippen LogP contribution in [0, 0.1) is 5.95 Å². The molecule has 1 aromatic heterocycles. The molecule has 1 fully saturated rings. The largest absolute Gasteiger partial charge is 0.483 e. The molecule has 1 aromatic rings. The van der Waals surface area contributed by atoms with Gasteiger partial charge in [-0.3, -0.25) is 0 Å². The molecular formula is C8H8ClFN2O. The maximum atomic E-state index is 13.0. The van der Waals surface area contributed by atoms with Gasteiger partial charge < -0.3 is 10.1 Å². The van der Waals surface area contributed by atoms with Crippen molar-refractivity contribution >= 4 is 11.6 Å². The molecule has 2 rings (SSSR count). The lowest BCUT2D eigenvalue weighted by molar-refractivity contribution is 0.135. The molecule has 0 bridgehead atoms. The van der Waals surface area contributed by atoms with Gasteiger partial charge in [-0.2, -0.15) is 4.39 Å². The van der Waals surface area contributed by atoms with Crippen molar-refractivity contribution in [3.63, 3.8) is 0 Å². The minimum Gasteiger partial charge on any atom is -0.483 e. The Labute approximate surface area is 79.9 Å². The van der Waals surface area contributed by atoms with Gasteiger partial charge in [0.1, 0.15) is 11.3 Å². The van der Waals surface area contributed by atoms with Gasteiger partial charge in [-0.05, 0) is 12.1 Å². The molecule has 0 saturated carbocycles. The predicted molar refractivity (Wildman–Crippen MR) is 46.5 cm³/mol. The summed E-state index contributed by atoms with van der Waals surface area (Å²) in [4.78, 5) is 3.44. The molecule has 0 aliphatic carbocycles. The second kappa shape index (κ2) is 3.47. The van der Waals surface area contributed by atoms with Gasteiger partial charge in [0.2, 0.25) is 0 Å². The molecule has 13 heavy (non-hydrogen) atoms. The Balaban J connectivity index is 2.10. The molecule has 1 saturated heterocycles. The van der Waals surface area contributed by atoms with Crippen LogP contribution >= 0.6 is 11.6 Å². The molecule has 0 unspecified atom stereocenters. The van der Waals surface area contributed by atoms with E-state index in [1.54, 1.807) is 0 Å². The molecule has 2 heterocycles. The third-order valence-corrected chi connectivity index (χ3v) is 2.03. The molecule has 0 atom stereocenters. The minimum absolute atomic E-state index is 0.0532. The van der Waals surface area contributed by atoms with Crippen molar-refractivity contribution in [1.29, 1.82) is 0 Å². The average Bonchev–Trinajstić information content (AvgIpc) is 1.99. The van der Waals surface area contributed by atoms with Gasteiger partial charge in [0.15, 0.2) is 5.75 Å². The third-order valence-electron chi connectivity index (χ3n) is 1.82. The van der Waals surface area contributed by atoms with Crippen molar-refractivity contribution < 1.29 is 9.13 Å².